The predicted octanol–water partition coefficient (Wildman–Crippen LogP) is 1.19. The van der Waals surface area contributed by atoms with Crippen LogP contribution in [0.5, 0.6) is 0 Å². The molecule has 0 spiro atoms. The van der Waals surface area contributed by atoms with Crippen molar-refractivity contribution in [2.75, 3.05) is 39.9 Å². The summed E-state index contributed by atoms with van der Waals surface area (Å²) in [4.78, 5) is 5.33. The van der Waals surface area contributed by atoms with Crippen LogP contribution in [-0.2, 0) is 4.74 Å². The van der Waals surface area contributed by atoms with E-state index in [1.807, 2.05) is 0 Å². The van der Waals surface area contributed by atoms with Crippen LogP contribution >= 0.6 is 0 Å². The number of methoxy groups -OCH3 is 1. The summed E-state index contributed by atoms with van der Waals surface area (Å²) >= 11 is 0. The lowest BCUT2D eigenvalue weighted by atomic mass is 10.1. The van der Waals surface area contributed by atoms with Crippen LogP contribution in [0.15, 0.2) is 0 Å². The van der Waals surface area contributed by atoms with Gasteiger partial charge in [0.15, 0.2) is 0 Å². The quantitative estimate of drug-likeness (QED) is 0.696. The Bertz CT molecular complexity index is 198. The molecule has 0 aromatic rings. The first-order valence-electron chi connectivity index (χ1n) is 6.32. The third kappa shape index (κ3) is 2.52. The Labute approximate surface area is 93.4 Å². The van der Waals surface area contributed by atoms with Crippen molar-refractivity contribution in [2.24, 2.45) is 0 Å². The lowest BCUT2D eigenvalue weighted by Crippen LogP contribution is -2.56. The number of nitrogens with zero attached hydrogens (tertiary/aromatic N) is 2. The molecular weight excluding hydrogens is 188 g/mol. The minimum Gasteiger partial charge on any atom is -0.383 e. The van der Waals surface area contributed by atoms with Gasteiger partial charge in [0.2, 0.25) is 0 Å². The highest BCUT2D eigenvalue weighted by atomic mass is 16.5. The first-order chi connectivity index (χ1) is 7.35. The first kappa shape index (κ1) is 11.4. The Kier molecular flexibility index (Phi) is 4.00. The van der Waals surface area contributed by atoms with Gasteiger partial charge in [-0.2, -0.15) is 0 Å². The smallest absolute Gasteiger partial charge is 0.0589 e. The van der Waals surface area contributed by atoms with E-state index in [1.165, 1.54) is 38.9 Å². The molecule has 2 atom stereocenters. The van der Waals surface area contributed by atoms with E-state index in [0.29, 0.717) is 0 Å². The van der Waals surface area contributed by atoms with Crippen LogP contribution in [0.4, 0.5) is 0 Å². The third-order valence-electron chi connectivity index (χ3n) is 3.96. The topological polar surface area (TPSA) is 15.7 Å². The molecule has 2 unspecified atom stereocenters. The largest absolute Gasteiger partial charge is 0.383 e. The zero-order valence-corrected chi connectivity index (χ0v) is 10.1. The zero-order chi connectivity index (χ0) is 10.7. The maximum atomic E-state index is 5.19. The second-order valence-corrected chi connectivity index (χ2v) is 4.84. The molecule has 0 aromatic carbocycles. The predicted molar refractivity (Wildman–Crippen MR) is 62.1 cm³/mol. The monoisotopic (exact) mass is 212 g/mol. The molecule has 0 N–H and O–H groups in total. The van der Waals surface area contributed by atoms with Gasteiger partial charge in [0.1, 0.15) is 0 Å². The molecule has 0 radical (unpaired) electrons. The van der Waals surface area contributed by atoms with E-state index in [2.05, 4.69) is 16.7 Å². The number of hydrogen-bond acceptors (Lipinski definition) is 3. The van der Waals surface area contributed by atoms with E-state index in [4.69, 9.17) is 4.74 Å². The van der Waals surface area contributed by atoms with Gasteiger partial charge in [0.25, 0.3) is 0 Å². The van der Waals surface area contributed by atoms with Gasteiger partial charge >= 0.3 is 0 Å². The number of fused-ring (bicyclic) bond motifs is 1. The lowest BCUT2D eigenvalue weighted by Gasteiger charge is -2.43. The van der Waals surface area contributed by atoms with E-state index in [-0.39, 0.29) is 0 Å². The second-order valence-electron chi connectivity index (χ2n) is 4.84. The molecule has 0 aromatic heterocycles. The first-order valence-corrected chi connectivity index (χ1v) is 6.32. The Hall–Kier alpha value is -0.120. The molecule has 2 aliphatic heterocycles. The molecule has 3 heteroatoms. The van der Waals surface area contributed by atoms with Crippen molar-refractivity contribution in [2.45, 2.75) is 38.3 Å². The summed E-state index contributed by atoms with van der Waals surface area (Å²) < 4.78 is 5.19. The van der Waals surface area contributed by atoms with Crippen LogP contribution in [0.25, 0.3) is 0 Å². The summed E-state index contributed by atoms with van der Waals surface area (Å²) in [5.41, 5.74) is 0. The molecule has 88 valence electrons. The highest BCUT2D eigenvalue weighted by Crippen LogP contribution is 2.25. The van der Waals surface area contributed by atoms with Crippen LogP contribution in [0, 0.1) is 0 Å². The van der Waals surface area contributed by atoms with Gasteiger partial charge in [0.05, 0.1) is 6.61 Å². The fourth-order valence-electron chi connectivity index (χ4n) is 3.02. The average Bonchev–Trinajstić information content (AvgIpc) is 2.71. The molecule has 2 saturated heterocycles. The fourth-order valence-corrected chi connectivity index (χ4v) is 3.02. The minimum absolute atomic E-state index is 0.759. The number of rotatable bonds is 4. The van der Waals surface area contributed by atoms with Crippen molar-refractivity contribution in [3.63, 3.8) is 0 Å². The Morgan fingerprint density at radius 1 is 1.33 bits per heavy atom. The molecule has 0 aliphatic carbocycles. The van der Waals surface area contributed by atoms with Crippen molar-refractivity contribution in [3.05, 3.63) is 0 Å². The van der Waals surface area contributed by atoms with Crippen molar-refractivity contribution in [3.8, 4) is 0 Å². The summed E-state index contributed by atoms with van der Waals surface area (Å²) in [6.45, 7) is 8.18. The van der Waals surface area contributed by atoms with Crippen molar-refractivity contribution in [1.29, 1.82) is 0 Å². The van der Waals surface area contributed by atoms with Gasteiger partial charge in [-0.05, 0) is 25.8 Å². The summed E-state index contributed by atoms with van der Waals surface area (Å²) in [5, 5.41) is 0. The van der Waals surface area contributed by atoms with Gasteiger partial charge in [-0.3, -0.25) is 9.80 Å². The van der Waals surface area contributed by atoms with Crippen molar-refractivity contribution in [1.82, 2.24) is 9.80 Å². The summed E-state index contributed by atoms with van der Waals surface area (Å²) in [5.74, 6) is 0. The lowest BCUT2D eigenvalue weighted by molar-refractivity contribution is 0.0313. The SMILES string of the molecule is CCC1CN2CCCC2CN1CCOC. The molecule has 2 heterocycles. The highest BCUT2D eigenvalue weighted by molar-refractivity contribution is 4.91. The van der Waals surface area contributed by atoms with E-state index in [1.54, 1.807) is 7.11 Å². The van der Waals surface area contributed by atoms with Gasteiger partial charge in [-0.15, -0.1) is 0 Å². The third-order valence-corrected chi connectivity index (χ3v) is 3.96. The van der Waals surface area contributed by atoms with Crippen LogP contribution in [0.2, 0.25) is 0 Å². The van der Waals surface area contributed by atoms with Crippen LogP contribution < -0.4 is 0 Å². The Morgan fingerprint density at radius 3 is 2.93 bits per heavy atom. The standard InChI is InChI=1S/C12H24N2O/c1-3-11-9-13-6-4-5-12(13)10-14(11)7-8-15-2/h11-12H,3-10H2,1-2H3. The number of hydrogen-bond donors (Lipinski definition) is 0. The molecule has 2 fully saturated rings. The molecule has 2 aliphatic rings. The van der Waals surface area contributed by atoms with E-state index in [9.17, 15) is 0 Å². The summed E-state index contributed by atoms with van der Waals surface area (Å²) in [7, 11) is 1.80. The van der Waals surface area contributed by atoms with Crippen LogP contribution in [-0.4, -0.2) is 61.8 Å². The Morgan fingerprint density at radius 2 is 2.20 bits per heavy atom. The minimum atomic E-state index is 0.759. The molecule has 0 amide bonds. The highest BCUT2D eigenvalue weighted by Gasteiger charge is 2.34. The van der Waals surface area contributed by atoms with Gasteiger partial charge < -0.3 is 4.74 Å². The second kappa shape index (κ2) is 5.28. The maximum absolute atomic E-state index is 5.19. The van der Waals surface area contributed by atoms with E-state index < -0.39 is 0 Å². The van der Waals surface area contributed by atoms with E-state index in [0.717, 1.165) is 25.2 Å². The molecular formula is C12H24N2O. The zero-order valence-electron chi connectivity index (χ0n) is 10.1. The molecule has 2 rings (SSSR count). The van der Waals surface area contributed by atoms with Crippen molar-refractivity contribution >= 4 is 0 Å². The summed E-state index contributed by atoms with van der Waals surface area (Å²) in [6.07, 6.45) is 4.08. The van der Waals surface area contributed by atoms with Gasteiger partial charge in [-0.1, -0.05) is 6.92 Å². The van der Waals surface area contributed by atoms with E-state index >= 15 is 0 Å². The molecule has 3 nitrogen and oxygen atoms in total. The molecule has 0 bridgehead atoms. The number of piperazine rings is 1. The summed E-state index contributed by atoms with van der Waals surface area (Å²) in [6, 6.07) is 1.60. The molecule has 0 saturated carbocycles. The van der Waals surface area contributed by atoms with Gasteiger partial charge in [-0.25, -0.2) is 0 Å². The van der Waals surface area contributed by atoms with Crippen LogP contribution in [0.3, 0.4) is 0 Å². The number of ether oxygens (including phenoxy) is 1. The normalized spacial score (nSPS) is 33.2. The molecule has 15 heavy (non-hydrogen) atoms. The maximum Gasteiger partial charge on any atom is 0.0589 e. The Balaban J connectivity index is 1.90. The fraction of sp³-hybridized carbons (Fsp3) is 1.00. The van der Waals surface area contributed by atoms with Crippen LogP contribution in [0.1, 0.15) is 26.2 Å². The van der Waals surface area contributed by atoms with Crippen molar-refractivity contribution < 1.29 is 4.74 Å². The average molecular weight is 212 g/mol. The van der Waals surface area contributed by atoms with Gasteiger partial charge in [0, 0.05) is 38.8 Å².